The van der Waals surface area contributed by atoms with Crippen molar-refractivity contribution in [3.63, 3.8) is 0 Å². The van der Waals surface area contributed by atoms with Gasteiger partial charge < -0.3 is 5.32 Å². The van der Waals surface area contributed by atoms with E-state index in [4.69, 9.17) is 0 Å². The Kier molecular flexibility index (Phi) is 5.94. The van der Waals surface area contributed by atoms with Gasteiger partial charge in [-0.05, 0) is 37.7 Å². The molecule has 4 nitrogen and oxygen atoms in total. The Balaban J connectivity index is 0.00000176. The second-order valence-electron chi connectivity index (χ2n) is 5.73. The number of hydrogen-bond donors (Lipinski definition) is 1. The van der Waals surface area contributed by atoms with Crippen LogP contribution in [0.15, 0.2) is 36.7 Å². The van der Waals surface area contributed by atoms with Crippen LogP contribution >= 0.6 is 12.4 Å². The van der Waals surface area contributed by atoms with Gasteiger partial charge in [0.15, 0.2) is 0 Å². The third-order valence-electron chi connectivity index (χ3n) is 4.03. The van der Waals surface area contributed by atoms with Gasteiger partial charge in [-0.3, -0.25) is 9.58 Å². The molecule has 2 aromatic rings. The number of likely N-dealkylation sites (N-methyl/N-ethyl adjacent to an activating group) is 1. The molecule has 0 saturated carbocycles. The van der Waals surface area contributed by atoms with Crippen LogP contribution in [0.25, 0.3) is 0 Å². The van der Waals surface area contributed by atoms with Crippen LogP contribution in [0.4, 0.5) is 4.39 Å². The number of nitrogens with zero attached hydrogens (tertiary/aromatic N) is 3. The van der Waals surface area contributed by atoms with Crippen molar-refractivity contribution in [1.29, 1.82) is 0 Å². The van der Waals surface area contributed by atoms with Crippen molar-refractivity contribution >= 4 is 12.4 Å². The Morgan fingerprint density at radius 1 is 1.32 bits per heavy atom. The molecule has 0 amide bonds. The summed E-state index contributed by atoms with van der Waals surface area (Å²) in [5.74, 6) is -0.202. The summed E-state index contributed by atoms with van der Waals surface area (Å²) in [4.78, 5) is 2.37. The van der Waals surface area contributed by atoms with Crippen molar-refractivity contribution in [1.82, 2.24) is 20.0 Å². The molecule has 1 aromatic carbocycles. The van der Waals surface area contributed by atoms with E-state index in [9.17, 15) is 4.39 Å². The van der Waals surface area contributed by atoms with E-state index in [-0.39, 0.29) is 18.2 Å². The van der Waals surface area contributed by atoms with Crippen molar-refractivity contribution in [3.05, 3.63) is 53.6 Å². The van der Waals surface area contributed by atoms with Crippen molar-refractivity contribution in [2.75, 3.05) is 20.1 Å². The molecular weight excluding hydrogens is 303 g/mol. The number of benzene rings is 1. The third-order valence-corrected chi connectivity index (χ3v) is 4.03. The van der Waals surface area contributed by atoms with Crippen molar-refractivity contribution in [2.24, 2.45) is 0 Å². The highest BCUT2D eigenvalue weighted by atomic mass is 35.5. The molecule has 3 rings (SSSR count). The zero-order valence-corrected chi connectivity index (χ0v) is 13.5. The number of aromatic nitrogens is 2. The Hall–Kier alpha value is -1.43. The molecule has 1 fully saturated rings. The fraction of sp³-hybridized carbons (Fsp3) is 0.438. The van der Waals surface area contributed by atoms with Crippen LogP contribution in [0.3, 0.4) is 0 Å². The van der Waals surface area contributed by atoms with Crippen LogP contribution < -0.4 is 5.32 Å². The molecule has 22 heavy (non-hydrogen) atoms. The summed E-state index contributed by atoms with van der Waals surface area (Å²) in [5.41, 5.74) is 2.27. The van der Waals surface area contributed by atoms with E-state index in [0.717, 1.165) is 25.2 Å². The summed E-state index contributed by atoms with van der Waals surface area (Å²) in [6, 6.07) is 7.19. The monoisotopic (exact) mass is 324 g/mol. The van der Waals surface area contributed by atoms with Crippen LogP contribution in [0.5, 0.6) is 0 Å². The average Bonchev–Trinajstić information content (AvgIpc) is 3.13. The average molecular weight is 325 g/mol. The molecule has 1 saturated heterocycles. The SMILES string of the molecule is CN(Cc1cnn(Cc2ccc(F)cc2)c1)C1CCNC1.Cl. The molecule has 120 valence electrons. The first-order valence-corrected chi connectivity index (χ1v) is 7.37. The smallest absolute Gasteiger partial charge is 0.123 e. The molecule has 2 heterocycles. The fourth-order valence-electron chi connectivity index (χ4n) is 2.78. The second kappa shape index (κ2) is 7.72. The largest absolute Gasteiger partial charge is 0.315 e. The lowest BCUT2D eigenvalue weighted by molar-refractivity contribution is 0.249. The van der Waals surface area contributed by atoms with Gasteiger partial charge in [0.05, 0.1) is 12.7 Å². The summed E-state index contributed by atoms with van der Waals surface area (Å²) >= 11 is 0. The molecule has 1 aliphatic heterocycles. The predicted octanol–water partition coefficient (Wildman–Crippen LogP) is 2.29. The van der Waals surface area contributed by atoms with Gasteiger partial charge in [0.1, 0.15) is 5.82 Å². The quantitative estimate of drug-likeness (QED) is 0.916. The molecule has 0 spiro atoms. The normalized spacial score (nSPS) is 17.7. The van der Waals surface area contributed by atoms with Crippen LogP contribution in [0.2, 0.25) is 0 Å². The Morgan fingerprint density at radius 2 is 2.09 bits per heavy atom. The van der Waals surface area contributed by atoms with Crippen LogP contribution in [-0.4, -0.2) is 40.9 Å². The zero-order chi connectivity index (χ0) is 14.7. The van der Waals surface area contributed by atoms with Crippen molar-refractivity contribution in [3.8, 4) is 0 Å². The Morgan fingerprint density at radius 3 is 2.77 bits per heavy atom. The molecule has 1 unspecified atom stereocenters. The number of hydrogen-bond acceptors (Lipinski definition) is 3. The van der Waals surface area contributed by atoms with Gasteiger partial charge in [-0.15, -0.1) is 12.4 Å². The molecule has 6 heteroatoms. The van der Waals surface area contributed by atoms with Crippen molar-refractivity contribution < 1.29 is 4.39 Å². The van der Waals surface area contributed by atoms with Gasteiger partial charge in [-0.1, -0.05) is 12.1 Å². The molecule has 0 aliphatic carbocycles. The Bertz CT molecular complexity index is 578. The standard InChI is InChI=1S/C16H21FN4.ClH/c1-20(16-6-7-18-9-16)10-14-8-19-21(12-14)11-13-2-4-15(17)5-3-13;/h2-5,8,12,16,18H,6-7,9-11H2,1H3;1H. The summed E-state index contributed by atoms with van der Waals surface area (Å²) in [7, 11) is 2.16. The maximum Gasteiger partial charge on any atom is 0.123 e. The maximum atomic E-state index is 12.9. The van der Waals surface area contributed by atoms with E-state index in [2.05, 4.69) is 28.6 Å². The van der Waals surface area contributed by atoms with E-state index >= 15 is 0 Å². The first-order chi connectivity index (χ1) is 10.2. The molecule has 1 N–H and O–H groups in total. The van der Waals surface area contributed by atoms with Gasteiger partial charge in [-0.2, -0.15) is 5.10 Å². The van der Waals surface area contributed by atoms with Gasteiger partial charge in [0.2, 0.25) is 0 Å². The van der Waals surface area contributed by atoms with Crippen molar-refractivity contribution in [2.45, 2.75) is 25.6 Å². The molecule has 0 bridgehead atoms. The highest BCUT2D eigenvalue weighted by Gasteiger charge is 2.19. The van der Waals surface area contributed by atoms with E-state index in [1.165, 1.54) is 24.1 Å². The minimum atomic E-state index is -0.202. The minimum Gasteiger partial charge on any atom is -0.315 e. The molecule has 1 aromatic heterocycles. The minimum absolute atomic E-state index is 0. The number of rotatable bonds is 5. The zero-order valence-electron chi connectivity index (χ0n) is 12.7. The summed E-state index contributed by atoms with van der Waals surface area (Å²) in [6.07, 6.45) is 5.20. The lowest BCUT2D eigenvalue weighted by Crippen LogP contribution is -2.32. The highest BCUT2D eigenvalue weighted by Crippen LogP contribution is 2.11. The van der Waals surface area contributed by atoms with Crippen LogP contribution in [-0.2, 0) is 13.1 Å². The summed E-state index contributed by atoms with van der Waals surface area (Å²) < 4.78 is 14.8. The first-order valence-electron chi connectivity index (χ1n) is 7.37. The summed E-state index contributed by atoms with van der Waals surface area (Å²) in [5, 5.41) is 7.78. The first kappa shape index (κ1) is 16.9. The lowest BCUT2D eigenvalue weighted by atomic mass is 10.2. The van der Waals surface area contributed by atoms with E-state index in [1.807, 2.05) is 10.9 Å². The molecule has 0 radical (unpaired) electrons. The van der Waals surface area contributed by atoms with E-state index < -0.39 is 0 Å². The summed E-state index contributed by atoms with van der Waals surface area (Å²) in [6.45, 7) is 3.77. The van der Waals surface area contributed by atoms with Gasteiger partial charge in [0, 0.05) is 30.9 Å². The van der Waals surface area contributed by atoms with E-state index in [0.29, 0.717) is 12.6 Å². The number of nitrogens with one attached hydrogen (secondary N) is 1. The van der Waals surface area contributed by atoms with E-state index in [1.54, 1.807) is 12.1 Å². The molecular formula is C16H22ClFN4. The number of halogens is 2. The lowest BCUT2D eigenvalue weighted by Gasteiger charge is -2.22. The van der Waals surface area contributed by atoms with Gasteiger partial charge in [-0.25, -0.2) is 4.39 Å². The third kappa shape index (κ3) is 4.29. The van der Waals surface area contributed by atoms with Crippen LogP contribution in [0, 0.1) is 5.82 Å². The second-order valence-corrected chi connectivity index (χ2v) is 5.73. The molecule has 1 aliphatic rings. The maximum absolute atomic E-state index is 12.9. The predicted molar refractivity (Wildman–Crippen MR) is 87.7 cm³/mol. The highest BCUT2D eigenvalue weighted by molar-refractivity contribution is 5.85. The van der Waals surface area contributed by atoms with Crippen LogP contribution in [0.1, 0.15) is 17.5 Å². The van der Waals surface area contributed by atoms with Gasteiger partial charge >= 0.3 is 0 Å². The molecule has 1 atom stereocenters. The Labute approximate surface area is 136 Å². The fourth-order valence-corrected chi connectivity index (χ4v) is 2.78. The van der Waals surface area contributed by atoms with Gasteiger partial charge in [0.25, 0.3) is 0 Å². The topological polar surface area (TPSA) is 33.1 Å².